The molecule has 128 valence electrons. The third-order valence-electron chi connectivity index (χ3n) is 4.21. The van der Waals surface area contributed by atoms with Crippen LogP contribution in [0.3, 0.4) is 0 Å². The average Bonchev–Trinajstić information content (AvgIpc) is 2.54. The van der Waals surface area contributed by atoms with Crippen LogP contribution >= 0.6 is 0 Å². The van der Waals surface area contributed by atoms with Gasteiger partial charge in [-0.2, -0.15) is 0 Å². The zero-order valence-corrected chi connectivity index (χ0v) is 13.6. The third-order valence-corrected chi connectivity index (χ3v) is 4.21. The number of phenols is 1. The smallest absolute Gasteiger partial charge is 0.196 e. The largest absolute Gasteiger partial charge is 0.508 e. The number of aliphatic imine (C=N–C) groups is 1. The van der Waals surface area contributed by atoms with Crippen molar-refractivity contribution < 1.29 is 15.3 Å². The summed E-state index contributed by atoms with van der Waals surface area (Å²) in [6.45, 7) is 2.03. The molecule has 0 saturated heterocycles. The average molecular weight is 321 g/mol. The van der Waals surface area contributed by atoms with Crippen molar-refractivity contribution in [3.63, 3.8) is 0 Å². The molecule has 1 saturated carbocycles. The molecule has 6 heteroatoms. The molecule has 0 bridgehead atoms. The molecular formula is C17H27N3O3. The van der Waals surface area contributed by atoms with Crippen molar-refractivity contribution in [3.05, 3.63) is 24.3 Å². The Morgan fingerprint density at radius 3 is 2.83 bits per heavy atom. The fourth-order valence-electron chi connectivity index (χ4n) is 2.80. The lowest BCUT2D eigenvalue weighted by atomic mass is 9.86. The molecule has 1 fully saturated rings. The number of rotatable bonds is 5. The SMILES string of the molecule is CC1CCCCC1NC(=NCC(O)CO)Nc1cccc(O)c1. The molecule has 1 aliphatic rings. The summed E-state index contributed by atoms with van der Waals surface area (Å²) in [5.74, 6) is 1.29. The van der Waals surface area contributed by atoms with Crippen LogP contribution in [-0.4, -0.2) is 46.6 Å². The van der Waals surface area contributed by atoms with Crippen molar-refractivity contribution in [2.24, 2.45) is 10.9 Å². The quantitative estimate of drug-likeness (QED) is 0.420. The second kappa shape index (κ2) is 8.74. The molecule has 1 aromatic rings. The first kappa shape index (κ1) is 17.6. The maximum atomic E-state index is 9.57. The van der Waals surface area contributed by atoms with Gasteiger partial charge >= 0.3 is 0 Å². The second-order valence-corrected chi connectivity index (χ2v) is 6.21. The van der Waals surface area contributed by atoms with E-state index in [0.29, 0.717) is 17.9 Å². The van der Waals surface area contributed by atoms with E-state index >= 15 is 0 Å². The fourth-order valence-corrected chi connectivity index (χ4v) is 2.80. The Hall–Kier alpha value is -1.79. The molecule has 0 heterocycles. The van der Waals surface area contributed by atoms with Gasteiger partial charge in [0.2, 0.25) is 0 Å². The summed E-state index contributed by atoms with van der Waals surface area (Å²) < 4.78 is 0. The van der Waals surface area contributed by atoms with E-state index in [1.807, 2.05) is 6.07 Å². The molecule has 5 N–H and O–H groups in total. The molecule has 23 heavy (non-hydrogen) atoms. The Labute approximate surface area is 137 Å². The summed E-state index contributed by atoms with van der Waals surface area (Å²) in [5, 5.41) is 34.6. The van der Waals surface area contributed by atoms with E-state index in [9.17, 15) is 10.2 Å². The number of aliphatic hydroxyl groups is 2. The van der Waals surface area contributed by atoms with Crippen LogP contribution in [0.2, 0.25) is 0 Å². The molecule has 0 aromatic heterocycles. The zero-order valence-electron chi connectivity index (χ0n) is 13.6. The van der Waals surface area contributed by atoms with Gasteiger partial charge in [0.05, 0.1) is 19.3 Å². The van der Waals surface area contributed by atoms with Crippen molar-refractivity contribution in [3.8, 4) is 5.75 Å². The number of nitrogens with one attached hydrogen (secondary N) is 2. The van der Waals surface area contributed by atoms with Crippen LogP contribution in [-0.2, 0) is 0 Å². The number of nitrogens with zero attached hydrogens (tertiary/aromatic N) is 1. The highest BCUT2D eigenvalue weighted by Crippen LogP contribution is 2.24. The first-order chi connectivity index (χ1) is 11.1. The van der Waals surface area contributed by atoms with Gasteiger partial charge < -0.3 is 26.0 Å². The van der Waals surface area contributed by atoms with E-state index in [4.69, 9.17) is 5.11 Å². The van der Waals surface area contributed by atoms with Crippen LogP contribution in [0.1, 0.15) is 32.6 Å². The molecule has 0 radical (unpaired) electrons. The number of aromatic hydroxyl groups is 1. The van der Waals surface area contributed by atoms with Crippen LogP contribution < -0.4 is 10.6 Å². The summed E-state index contributed by atoms with van der Waals surface area (Å²) in [6, 6.07) is 7.14. The summed E-state index contributed by atoms with van der Waals surface area (Å²) in [5.41, 5.74) is 0.721. The van der Waals surface area contributed by atoms with Crippen molar-refractivity contribution in [1.29, 1.82) is 0 Å². The number of phenolic OH excluding ortho intramolecular Hbond substituents is 1. The molecule has 3 unspecified atom stereocenters. The monoisotopic (exact) mass is 321 g/mol. The summed E-state index contributed by atoms with van der Waals surface area (Å²) >= 11 is 0. The van der Waals surface area contributed by atoms with Crippen LogP contribution in [0.4, 0.5) is 5.69 Å². The summed E-state index contributed by atoms with van der Waals surface area (Å²) in [6.07, 6.45) is 3.86. The highest BCUT2D eigenvalue weighted by atomic mass is 16.3. The van der Waals surface area contributed by atoms with Gasteiger partial charge in [-0.25, -0.2) is 0 Å². The van der Waals surface area contributed by atoms with Gasteiger partial charge in [-0.3, -0.25) is 4.99 Å². The minimum absolute atomic E-state index is 0.117. The Morgan fingerprint density at radius 1 is 1.35 bits per heavy atom. The second-order valence-electron chi connectivity index (χ2n) is 6.21. The highest BCUT2D eigenvalue weighted by Gasteiger charge is 2.22. The van der Waals surface area contributed by atoms with Crippen molar-refractivity contribution in [2.45, 2.75) is 44.8 Å². The number of hydrogen-bond donors (Lipinski definition) is 5. The molecule has 0 spiro atoms. The standard InChI is InChI=1S/C17H27N3O3/c1-12-5-2-3-8-16(12)20-17(18-10-15(23)11-21)19-13-6-4-7-14(22)9-13/h4,6-7,9,12,15-16,21-23H,2-3,5,8,10-11H2,1H3,(H2,18,19,20). The van der Waals surface area contributed by atoms with E-state index in [1.165, 1.54) is 19.3 Å². The van der Waals surface area contributed by atoms with Gasteiger partial charge in [0.25, 0.3) is 0 Å². The van der Waals surface area contributed by atoms with Crippen molar-refractivity contribution in [2.75, 3.05) is 18.5 Å². The fraction of sp³-hybridized carbons (Fsp3) is 0.588. The Kier molecular flexibility index (Phi) is 6.67. The van der Waals surface area contributed by atoms with Crippen molar-refractivity contribution >= 4 is 11.6 Å². The van der Waals surface area contributed by atoms with Crippen LogP contribution in [0, 0.1) is 5.92 Å². The molecule has 0 aliphatic heterocycles. The third kappa shape index (κ3) is 5.73. The lowest BCUT2D eigenvalue weighted by molar-refractivity contribution is 0.102. The predicted molar refractivity (Wildman–Crippen MR) is 91.7 cm³/mol. The maximum Gasteiger partial charge on any atom is 0.196 e. The van der Waals surface area contributed by atoms with E-state index in [-0.39, 0.29) is 18.9 Å². The lowest BCUT2D eigenvalue weighted by Gasteiger charge is -2.31. The van der Waals surface area contributed by atoms with Crippen LogP contribution in [0.25, 0.3) is 0 Å². The molecule has 6 nitrogen and oxygen atoms in total. The number of guanidine groups is 1. The highest BCUT2D eigenvalue weighted by molar-refractivity contribution is 5.94. The van der Waals surface area contributed by atoms with Gasteiger partial charge in [0.1, 0.15) is 5.75 Å². The summed E-state index contributed by atoms with van der Waals surface area (Å²) in [4.78, 5) is 4.35. The Bertz CT molecular complexity index is 522. The molecule has 1 aromatic carbocycles. The van der Waals surface area contributed by atoms with E-state index < -0.39 is 6.10 Å². The van der Waals surface area contributed by atoms with Gasteiger partial charge in [0.15, 0.2) is 5.96 Å². The minimum Gasteiger partial charge on any atom is -0.508 e. The predicted octanol–water partition coefficient (Wildman–Crippen LogP) is 1.68. The van der Waals surface area contributed by atoms with Gasteiger partial charge in [0, 0.05) is 17.8 Å². The number of aliphatic hydroxyl groups excluding tert-OH is 2. The Balaban J connectivity index is 2.07. The van der Waals surface area contributed by atoms with E-state index in [0.717, 1.165) is 12.1 Å². The van der Waals surface area contributed by atoms with E-state index in [2.05, 4.69) is 22.5 Å². The zero-order chi connectivity index (χ0) is 16.7. The summed E-state index contributed by atoms with van der Waals surface area (Å²) in [7, 11) is 0. The molecule has 0 amide bonds. The molecule has 1 aliphatic carbocycles. The van der Waals surface area contributed by atoms with Crippen molar-refractivity contribution in [1.82, 2.24) is 5.32 Å². The number of benzene rings is 1. The van der Waals surface area contributed by atoms with Crippen LogP contribution in [0.15, 0.2) is 29.3 Å². The number of anilines is 1. The normalized spacial score (nSPS) is 23.3. The maximum absolute atomic E-state index is 9.57. The number of hydrogen-bond acceptors (Lipinski definition) is 4. The Morgan fingerprint density at radius 2 is 2.13 bits per heavy atom. The molecular weight excluding hydrogens is 294 g/mol. The van der Waals surface area contributed by atoms with Gasteiger partial charge in [-0.15, -0.1) is 0 Å². The van der Waals surface area contributed by atoms with E-state index in [1.54, 1.807) is 18.2 Å². The molecule has 3 atom stereocenters. The topological polar surface area (TPSA) is 97.1 Å². The van der Waals surface area contributed by atoms with Gasteiger partial charge in [-0.05, 0) is 30.9 Å². The van der Waals surface area contributed by atoms with Crippen LogP contribution in [0.5, 0.6) is 5.75 Å². The first-order valence-corrected chi connectivity index (χ1v) is 8.24. The molecule has 2 rings (SSSR count). The van der Waals surface area contributed by atoms with Gasteiger partial charge in [-0.1, -0.05) is 25.8 Å². The minimum atomic E-state index is -0.874. The first-order valence-electron chi connectivity index (χ1n) is 8.24. The lowest BCUT2D eigenvalue weighted by Crippen LogP contribution is -2.44.